The van der Waals surface area contributed by atoms with E-state index in [1.54, 1.807) is 0 Å². The van der Waals surface area contributed by atoms with Gasteiger partial charge in [-0.05, 0) is 49.5 Å². The van der Waals surface area contributed by atoms with Gasteiger partial charge in [0, 0.05) is 24.5 Å². The van der Waals surface area contributed by atoms with Crippen LogP contribution in [0.15, 0.2) is 30.3 Å². The average molecular weight is 312 g/mol. The maximum absolute atomic E-state index is 13.2. The number of nitrogens with two attached hydrogens (primary N) is 1. The first kappa shape index (κ1) is 15.2. The second-order valence-corrected chi connectivity index (χ2v) is 8.23. The molecule has 2 aliphatic carbocycles. The summed E-state index contributed by atoms with van der Waals surface area (Å²) in [6.07, 6.45) is 5.87. The maximum atomic E-state index is 13.2. The van der Waals surface area contributed by atoms with E-state index in [-0.39, 0.29) is 17.4 Å². The standard InChI is InChI=1S/C20H28N2O/c1-20(16-6-3-2-4-7-16)10-5-11-22(13-20)19(23)17-14-8-9-15(12-14)18(17)21/h2-4,6-7,14-15,17-18H,5,8-13,21H2,1H3. The number of carbonyl (C=O) groups excluding carboxylic acids is 1. The molecule has 1 heterocycles. The van der Waals surface area contributed by atoms with E-state index in [2.05, 4.69) is 42.2 Å². The molecule has 1 aromatic carbocycles. The molecule has 124 valence electrons. The predicted molar refractivity (Wildman–Crippen MR) is 91.9 cm³/mol. The minimum Gasteiger partial charge on any atom is -0.342 e. The Labute approximate surface area is 139 Å². The van der Waals surface area contributed by atoms with Crippen molar-refractivity contribution in [3.05, 3.63) is 35.9 Å². The highest BCUT2D eigenvalue weighted by atomic mass is 16.2. The number of amides is 1. The Balaban J connectivity index is 1.52. The maximum Gasteiger partial charge on any atom is 0.227 e. The van der Waals surface area contributed by atoms with Crippen LogP contribution in [0.2, 0.25) is 0 Å². The lowest BCUT2D eigenvalue weighted by molar-refractivity contribution is -0.140. The fourth-order valence-electron chi connectivity index (χ4n) is 5.42. The third kappa shape index (κ3) is 2.50. The fourth-order valence-corrected chi connectivity index (χ4v) is 5.42. The van der Waals surface area contributed by atoms with Gasteiger partial charge in [-0.3, -0.25) is 4.79 Å². The molecule has 2 bridgehead atoms. The van der Waals surface area contributed by atoms with E-state index < -0.39 is 0 Å². The molecule has 3 heteroatoms. The molecule has 1 saturated heterocycles. The molecular weight excluding hydrogens is 284 g/mol. The number of hydrogen-bond donors (Lipinski definition) is 1. The molecule has 5 unspecified atom stereocenters. The smallest absolute Gasteiger partial charge is 0.227 e. The molecule has 0 spiro atoms. The van der Waals surface area contributed by atoms with E-state index >= 15 is 0 Å². The third-order valence-electron chi connectivity index (χ3n) is 6.74. The zero-order valence-electron chi connectivity index (χ0n) is 14.1. The van der Waals surface area contributed by atoms with Crippen LogP contribution < -0.4 is 5.73 Å². The first-order valence-corrected chi connectivity index (χ1v) is 9.18. The SMILES string of the molecule is CC1(c2ccccc2)CCCN(C(=O)C2C3CCC(C3)C2N)C1. The van der Waals surface area contributed by atoms with Crippen molar-refractivity contribution < 1.29 is 4.79 Å². The Bertz CT molecular complexity index is 585. The van der Waals surface area contributed by atoms with Gasteiger partial charge in [-0.25, -0.2) is 0 Å². The summed E-state index contributed by atoms with van der Waals surface area (Å²) >= 11 is 0. The van der Waals surface area contributed by atoms with Gasteiger partial charge in [-0.1, -0.05) is 37.3 Å². The minimum atomic E-state index is 0.0802. The van der Waals surface area contributed by atoms with Crippen LogP contribution in [0.4, 0.5) is 0 Å². The molecule has 2 N–H and O–H groups in total. The molecule has 4 rings (SSSR count). The molecule has 1 amide bonds. The lowest BCUT2D eigenvalue weighted by atomic mass is 9.75. The second kappa shape index (κ2) is 5.62. The van der Waals surface area contributed by atoms with Crippen LogP contribution in [0.5, 0.6) is 0 Å². The average Bonchev–Trinajstić information content (AvgIpc) is 3.16. The summed E-state index contributed by atoms with van der Waals surface area (Å²) in [6, 6.07) is 10.8. The lowest BCUT2D eigenvalue weighted by Gasteiger charge is -2.43. The fraction of sp³-hybridized carbons (Fsp3) is 0.650. The van der Waals surface area contributed by atoms with Crippen molar-refractivity contribution in [1.82, 2.24) is 4.90 Å². The molecule has 3 aliphatic rings. The first-order chi connectivity index (χ1) is 11.1. The summed E-state index contributed by atoms with van der Waals surface area (Å²) in [5, 5.41) is 0. The number of piperidine rings is 1. The van der Waals surface area contributed by atoms with Crippen LogP contribution in [-0.2, 0) is 10.2 Å². The zero-order valence-corrected chi connectivity index (χ0v) is 14.1. The van der Waals surface area contributed by atoms with Crippen molar-refractivity contribution in [3.63, 3.8) is 0 Å². The largest absolute Gasteiger partial charge is 0.342 e. The van der Waals surface area contributed by atoms with Crippen molar-refractivity contribution in [2.75, 3.05) is 13.1 Å². The van der Waals surface area contributed by atoms with Crippen molar-refractivity contribution >= 4 is 5.91 Å². The highest BCUT2D eigenvalue weighted by molar-refractivity contribution is 5.81. The number of rotatable bonds is 2. The van der Waals surface area contributed by atoms with E-state index in [4.69, 9.17) is 5.73 Å². The molecule has 5 atom stereocenters. The summed E-state index contributed by atoms with van der Waals surface area (Å²) in [4.78, 5) is 15.3. The Kier molecular flexibility index (Phi) is 3.72. The molecule has 0 aromatic heterocycles. The molecule has 3 nitrogen and oxygen atoms in total. The molecule has 2 saturated carbocycles. The van der Waals surface area contributed by atoms with Crippen molar-refractivity contribution in [2.45, 2.75) is 50.5 Å². The molecule has 23 heavy (non-hydrogen) atoms. The van der Waals surface area contributed by atoms with Crippen molar-refractivity contribution in [3.8, 4) is 0 Å². The van der Waals surface area contributed by atoms with Crippen LogP contribution in [0, 0.1) is 17.8 Å². The van der Waals surface area contributed by atoms with E-state index in [0.29, 0.717) is 17.7 Å². The molecule has 3 fully saturated rings. The number of hydrogen-bond acceptors (Lipinski definition) is 2. The zero-order chi connectivity index (χ0) is 16.0. The summed E-state index contributed by atoms with van der Waals surface area (Å²) in [7, 11) is 0. The summed E-state index contributed by atoms with van der Waals surface area (Å²) < 4.78 is 0. The van der Waals surface area contributed by atoms with Crippen LogP contribution in [0.3, 0.4) is 0 Å². The molecule has 1 aromatic rings. The number of carbonyl (C=O) groups is 1. The normalized spacial score (nSPS) is 39.7. The van der Waals surface area contributed by atoms with Crippen LogP contribution >= 0.6 is 0 Å². The van der Waals surface area contributed by atoms with Gasteiger partial charge >= 0.3 is 0 Å². The van der Waals surface area contributed by atoms with Gasteiger partial charge in [0.15, 0.2) is 0 Å². The molecule has 1 aliphatic heterocycles. The number of likely N-dealkylation sites (tertiary alicyclic amines) is 1. The second-order valence-electron chi connectivity index (χ2n) is 8.23. The highest BCUT2D eigenvalue weighted by Gasteiger charge is 2.51. The van der Waals surface area contributed by atoms with Gasteiger partial charge in [0.2, 0.25) is 5.91 Å². The lowest BCUT2D eigenvalue weighted by Crippen LogP contribution is -2.53. The molecular formula is C20H28N2O. The Morgan fingerprint density at radius 1 is 1.22 bits per heavy atom. The van der Waals surface area contributed by atoms with Crippen LogP contribution in [0.25, 0.3) is 0 Å². The predicted octanol–water partition coefficient (Wildman–Crippen LogP) is 2.94. The van der Waals surface area contributed by atoms with Gasteiger partial charge in [-0.2, -0.15) is 0 Å². The summed E-state index contributed by atoms with van der Waals surface area (Å²) in [5.41, 5.74) is 7.84. The van der Waals surface area contributed by atoms with Gasteiger partial charge in [-0.15, -0.1) is 0 Å². The number of benzene rings is 1. The monoisotopic (exact) mass is 312 g/mol. The van der Waals surface area contributed by atoms with E-state index in [1.807, 2.05) is 0 Å². The Hall–Kier alpha value is -1.35. The summed E-state index contributed by atoms with van der Waals surface area (Å²) in [5.74, 6) is 1.57. The number of nitrogens with zero attached hydrogens (tertiary/aromatic N) is 1. The van der Waals surface area contributed by atoms with Crippen molar-refractivity contribution in [1.29, 1.82) is 0 Å². The van der Waals surface area contributed by atoms with Crippen LogP contribution in [0.1, 0.15) is 44.6 Å². The summed E-state index contributed by atoms with van der Waals surface area (Å²) in [6.45, 7) is 4.06. The van der Waals surface area contributed by atoms with Gasteiger partial charge in [0.25, 0.3) is 0 Å². The van der Waals surface area contributed by atoms with E-state index in [1.165, 1.54) is 24.8 Å². The van der Waals surface area contributed by atoms with Crippen molar-refractivity contribution in [2.24, 2.45) is 23.5 Å². The number of fused-ring (bicyclic) bond motifs is 2. The van der Waals surface area contributed by atoms with Gasteiger partial charge in [0.05, 0.1) is 5.92 Å². The van der Waals surface area contributed by atoms with Gasteiger partial charge in [0.1, 0.15) is 0 Å². The van der Waals surface area contributed by atoms with E-state index in [0.717, 1.165) is 25.9 Å². The molecule has 0 radical (unpaired) electrons. The Morgan fingerprint density at radius 3 is 2.65 bits per heavy atom. The highest BCUT2D eigenvalue weighted by Crippen LogP contribution is 2.48. The topological polar surface area (TPSA) is 46.3 Å². The quantitative estimate of drug-likeness (QED) is 0.912. The van der Waals surface area contributed by atoms with E-state index in [9.17, 15) is 4.79 Å². The minimum absolute atomic E-state index is 0.0802. The first-order valence-electron chi connectivity index (χ1n) is 9.18. The third-order valence-corrected chi connectivity index (χ3v) is 6.74. The Morgan fingerprint density at radius 2 is 1.96 bits per heavy atom. The van der Waals surface area contributed by atoms with Gasteiger partial charge < -0.3 is 10.6 Å². The van der Waals surface area contributed by atoms with Crippen LogP contribution in [-0.4, -0.2) is 29.9 Å².